The smallest absolute Gasteiger partial charge is 0.407 e. The van der Waals surface area contributed by atoms with Gasteiger partial charge in [0, 0.05) is 62.6 Å². The number of carbonyl (C=O) groups excluding carboxylic acids is 2. The van der Waals surface area contributed by atoms with Crippen molar-refractivity contribution in [3.8, 4) is 17.0 Å². The minimum Gasteiger partial charge on any atom is -0.473 e. The number of aromatic nitrogens is 4. The highest BCUT2D eigenvalue weighted by Gasteiger charge is 2.32. The number of unbranched alkanes of at least 4 members (excludes halogenated alkanes) is 30. The summed E-state index contributed by atoms with van der Waals surface area (Å²) in [5.41, 5.74) is 0. The molecule has 22 heteroatoms. The number of aryl methyl sites for hydroxylation is 4. The van der Waals surface area contributed by atoms with E-state index in [0.717, 1.165) is 64.2 Å². The molecule has 91 heavy (non-hydrogen) atoms. The molecule has 0 saturated carbocycles. The molecular weight excluding hydrogens is 1220 g/mol. The molecule has 0 bridgehead atoms. The molecule has 4 aromatic heterocycles. The van der Waals surface area contributed by atoms with Crippen LogP contribution >= 0.6 is 22.7 Å². The van der Waals surface area contributed by atoms with Gasteiger partial charge in [0.15, 0.2) is 33.9 Å². The number of nitrogens with zero attached hydrogens (tertiary/aromatic N) is 4. The van der Waals surface area contributed by atoms with Gasteiger partial charge in [-0.1, -0.05) is 194 Å². The number of rotatable bonds is 54. The first-order chi connectivity index (χ1) is 44.7. The fourth-order valence-corrected chi connectivity index (χ4v) is 15.1. The fraction of sp³-hybridized carbons (Fsp3) is 0.797. The zero-order chi connectivity index (χ0) is 64.1. The first-order valence-electron chi connectivity index (χ1n) is 35.8. The van der Waals surface area contributed by atoms with Crippen LogP contribution in [0.25, 0.3) is 0 Å². The maximum absolute atomic E-state index is 13.4. The normalized spacial score (nSPS) is 16.9. The summed E-state index contributed by atoms with van der Waals surface area (Å²) in [5.74, 6) is 1.80. The summed E-state index contributed by atoms with van der Waals surface area (Å²) in [5, 5.41) is 18.8. The van der Waals surface area contributed by atoms with Crippen molar-refractivity contribution in [1.82, 2.24) is 30.1 Å². The summed E-state index contributed by atoms with van der Waals surface area (Å²) >= 11 is 2.62. The van der Waals surface area contributed by atoms with Crippen LogP contribution in [-0.4, -0.2) is 104 Å². The highest BCUT2D eigenvalue weighted by molar-refractivity contribution is 7.86. The minimum absolute atomic E-state index is 0.180. The Bertz CT molecular complexity index is 2430. The Kier molecular flexibility index (Phi) is 39.3. The number of alkyl carbamates (subject to hydrolysis) is 2. The second-order valence-corrected chi connectivity index (χ2v) is 28.6. The zero-order valence-electron chi connectivity index (χ0n) is 55.7. The van der Waals surface area contributed by atoms with E-state index in [1.54, 1.807) is 12.1 Å². The quantitative estimate of drug-likeness (QED) is 0.0239. The van der Waals surface area contributed by atoms with E-state index in [-0.39, 0.29) is 19.0 Å². The third-order valence-corrected chi connectivity index (χ3v) is 20.3. The lowest BCUT2D eigenvalue weighted by Crippen LogP contribution is -2.43. The van der Waals surface area contributed by atoms with Crippen LogP contribution in [0.5, 0.6) is 17.0 Å². The third-order valence-electron chi connectivity index (χ3n) is 17.3. The molecule has 516 valence electrons. The number of nitrogens with one attached hydrogen (secondary N) is 2. The van der Waals surface area contributed by atoms with Crippen LogP contribution < -0.4 is 24.3 Å². The molecule has 2 N–H and O–H groups in total. The summed E-state index contributed by atoms with van der Waals surface area (Å²) in [4.78, 5) is 25.4. The van der Waals surface area contributed by atoms with Gasteiger partial charge in [0.1, 0.15) is 49.2 Å². The summed E-state index contributed by atoms with van der Waals surface area (Å²) in [7, 11) is -3.96. The molecule has 0 radical (unpaired) electrons. The van der Waals surface area contributed by atoms with Crippen LogP contribution in [0.2, 0.25) is 0 Å². The molecule has 0 aliphatic carbocycles. The molecular formula is C69H116N6O13S3+2. The van der Waals surface area contributed by atoms with Crippen LogP contribution in [0.4, 0.5) is 9.59 Å². The Morgan fingerprint density at radius 1 is 0.538 bits per heavy atom. The topological polar surface area (TPSA) is 219 Å². The molecule has 6 heterocycles. The fourth-order valence-electron chi connectivity index (χ4n) is 11.9. The molecule has 2 aliphatic rings. The van der Waals surface area contributed by atoms with E-state index in [0.29, 0.717) is 98.6 Å². The van der Waals surface area contributed by atoms with Crippen LogP contribution in [0, 0.1) is 0 Å². The molecule has 2 aliphatic heterocycles. The lowest BCUT2D eigenvalue weighted by atomic mass is 10.0. The number of amides is 2. The van der Waals surface area contributed by atoms with Crippen molar-refractivity contribution >= 4 is 45.0 Å². The van der Waals surface area contributed by atoms with Gasteiger partial charge in [-0.05, 0) is 74.5 Å². The zero-order valence-corrected chi connectivity index (χ0v) is 58.2. The van der Waals surface area contributed by atoms with Gasteiger partial charge < -0.3 is 48.1 Å². The third kappa shape index (κ3) is 33.4. The maximum Gasteiger partial charge on any atom is 0.407 e. The van der Waals surface area contributed by atoms with Crippen molar-refractivity contribution in [2.24, 2.45) is 0 Å². The van der Waals surface area contributed by atoms with Gasteiger partial charge in [-0.3, -0.25) is 4.18 Å². The maximum atomic E-state index is 13.4. The molecule has 19 nitrogen and oxygen atoms in total. The Morgan fingerprint density at radius 2 is 0.934 bits per heavy atom. The second-order valence-electron chi connectivity index (χ2n) is 25.2. The average Bonchev–Trinajstić information content (AvgIpc) is 2.36. The average molecular weight is 1330 g/mol. The molecule has 4 atom stereocenters. The molecule has 0 spiro atoms. The van der Waals surface area contributed by atoms with E-state index in [1.807, 2.05) is 32.3 Å². The van der Waals surface area contributed by atoms with Gasteiger partial charge >= 0.3 is 27.5 Å². The van der Waals surface area contributed by atoms with E-state index in [2.05, 4.69) is 34.8 Å². The summed E-state index contributed by atoms with van der Waals surface area (Å²) in [6, 6.07) is 3.55. The highest BCUT2D eigenvalue weighted by Crippen LogP contribution is 2.27. The largest absolute Gasteiger partial charge is 0.473 e. The van der Waals surface area contributed by atoms with Gasteiger partial charge in [0.2, 0.25) is 0 Å². The highest BCUT2D eigenvalue weighted by atomic mass is 32.2. The van der Waals surface area contributed by atoms with Gasteiger partial charge in [0.25, 0.3) is 11.8 Å². The van der Waals surface area contributed by atoms with E-state index >= 15 is 0 Å². The van der Waals surface area contributed by atoms with Crippen LogP contribution in [0.15, 0.2) is 44.3 Å². The second kappa shape index (κ2) is 47.4. The predicted molar refractivity (Wildman–Crippen MR) is 361 cm³/mol. The standard InChI is InChI=1S/C69H114N6O13S3/c1-3-5-7-9-11-13-15-17-19-21-23-25-27-29-33-43-70-67(76)84-60-41-37-49-80-62(60)55-82-64-53-58(86-72-64)39-31-35-45-74-47-51-89-66(74)57-91(78,79)88-69-75(48-52-90-69)46-36-32-40-59-54-65(73-87-59)83-56-63-61(42-38-50-81-63)85-68(77)71-44-34-30-28-26-24-22-20-18-16-14-12-10-8-6-4-2/h47-48,51-54,60-63H,3-46,49-50,55-57H2,1-2H3/p+2. The number of thiazole rings is 2. The number of ether oxygens (including phenoxy) is 6. The summed E-state index contributed by atoms with van der Waals surface area (Å²) in [6.45, 7) is 8.44. The monoisotopic (exact) mass is 1330 g/mol. The Labute approximate surface area is 554 Å². The van der Waals surface area contributed by atoms with Crippen molar-refractivity contribution < 1.29 is 59.7 Å². The SMILES string of the molecule is CCCCCCCCCCCCCCCCCNC(=O)OC1CCCOC1COc1cc(CCCCn2ccs[c+]2CS(=O)(=O)O[c+]2sccn2CCCCc2cc(OCC3OCCCC3OC(=O)NCCCCCCCCCCCCCCCCC)no2)on1. The molecule has 2 fully saturated rings. The van der Waals surface area contributed by atoms with Gasteiger partial charge in [-0.15, -0.1) is 0 Å². The predicted octanol–water partition coefficient (Wildman–Crippen LogP) is 18.0. The van der Waals surface area contributed by atoms with Crippen molar-refractivity contribution in [3.63, 3.8) is 0 Å². The van der Waals surface area contributed by atoms with Crippen LogP contribution in [0.1, 0.15) is 274 Å². The molecule has 2 saturated heterocycles. The number of hydrogen-bond acceptors (Lipinski definition) is 17. The number of hydrogen-bond donors (Lipinski definition) is 2. The molecule has 2 amide bonds. The van der Waals surface area contributed by atoms with E-state index < -0.39 is 46.7 Å². The molecule has 6 rings (SSSR count). The number of carbonyl (C=O) groups is 2. The van der Waals surface area contributed by atoms with Crippen molar-refractivity contribution in [3.05, 3.63) is 51.8 Å². The first kappa shape index (κ1) is 75.5. The lowest BCUT2D eigenvalue weighted by Gasteiger charge is -2.30. The van der Waals surface area contributed by atoms with Crippen LogP contribution in [-0.2, 0) is 60.7 Å². The summed E-state index contributed by atoms with van der Waals surface area (Å²) < 4.78 is 83.0. The van der Waals surface area contributed by atoms with Crippen LogP contribution in [0.3, 0.4) is 0 Å². The molecule has 4 aromatic rings. The Hall–Kier alpha value is -4.51. The Morgan fingerprint density at radius 3 is 1.37 bits per heavy atom. The van der Waals surface area contributed by atoms with Crippen molar-refractivity contribution in [1.29, 1.82) is 0 Å². The van der Waals surface area contributed by atoms with E-state index in [1.165, 1.54) is 190 Å². The lowest BCUT2D eigenvalue weighted by molar-refractivity contribution is -0.0941. The summed E-state index contributed by atoms with van der Waals surface area (Å²) in [6.07, 6.45) is 47.7. The molecule has 0 aromatic carbocycles. The van der Waals surface area contributed by atoms with Crippen molar-refractivity contribution in [2.75, 3.05) is 39.5 Å². The van der Waals surface area contributed by atoms with Crippen molar-refractivity contribution in [2.45, 2.75) is 314 Å². The molecule has 4 unspecified atom stereocenters. The van der Waals surface area contributed by atoms with Gasteiger partial charge in [-0.25, -0.2) is 14.2 Å². The minimum atomic E-state index is -3.96. The van der Waals surface area contributed by atoms with Gasteiger partial charge in [-0.2, -0.15) is 13.0 Å². The first-order valence-corrected chi connectivity index (χ1v) is 39.2. The van der Waals surface area contributed by atoms with E-state index in [4.69, 9.17) is 41.7 Å². The van der Waals surface area contributed by atoms with Gasteiger partial charge in [0.05, 0.1) is 24.4 Å². The van der Waals surface area contributed by atoms with E-state index in [9.17, 15) is 18.0 Å². The Balaban J connectivity index is 0.770.